The molecule has 0 saturated carbocycles. The van der Waals surface area contributed by atoms with Gasteiger partial charge in [-0.3, -0.25) is 9.05 Å². The second-order valence-electron chi connectivity index (χ2n) is 10.9. The summed E-state index contributed by atoms with van der Waals surface area (Å²) in [7, 11) is -3.90. The lowest BCUT2D eigenvalue weighted by atomic mass is 10.0. The van der Waals surface area contributed by atoms with Crippen molar-refractivity contribution in [3.05, 3.63) is 0 Å². The van der Waals surface area contributed by atoms with Gasteiger partial charge in [0.1, 0.15) is 0 Å². The van der Waals surface area contributed by atoms with Crippen LogP contribution in [0.15, 0.2) is 0 Å². The van der Waals surface area contributed by atoms with Crippen LogP contribution < -0.4 is 0 Å². The molecule has 2 aliphatic heterocycles. The van der Waals surface area contributed by atoms with Crippen molar-refractivity contribution in [1.29, 1.82) is 0 Å². The summed E-state index contributed by atoms with van der Waals surface area (Å²) in [6.07, 6.45) is 25.4. The van der Waals surface area contributed by atoms with Gasteiger partial charge in [0.2, 0.25) is 0 Å². The quantitative estimate of drug-likeness (QED) is 0.107. The predicted octanol–water partition coefficient (Wildman–Crippen LogP) is 8.15. The van der Waals surface area contributed by atoms with E-state index in [2.05, 4.69) is 6.92 Å². The molecule has 6 heteroatoms. The van der Waals surface area contributed by atoms with Crippen LogP contribution in [0.2, 0.25) is 0 Å². The minimum Gasteiger partial charge on any atom is -0.323 e. The minimum atomic E-state index is -3.90. The molecule has 1 spiro atoms. The standard InChI is InChI=1S/C27H54NO4P/c1-2-3-4-5-6-7-8-9-10-11-12-13-14-15-16-19-26-31-33(29,30)32-27-20-24-28(25-21-27)22-17-18-23-28/h27H,2-26H2,1H3/p+1. The van der Waals surface area contributed by atoms with Crippen molar-refractivity contribution in [2.75, 3.05) is 32.8 Å². The number of rotatable bonds is 20. The molecule has 1 unspecified atom stereocenters. The average molecular weight is 489 g/mol. The van der Waals surface area contributed by atoms with Crippen LogP contribution in [0.5, 0.6) is 0 Å². The van der Waals surface area contributed by atoms with E-state index < -0.39 is 7.82 Å². The van der Waals surface area contributed by atoms with Crippen molar-refractivity contribution in [2.24, 2.45) is 0 Å². The highest BCUT2D eigenvalue weighted by atomic mass is 31.2. The molecule has 196 valence electrons. The Morgan fingerprint density at radius 3 is 1.58 bits per heavy atom. The Morgan fingerprint density at radius 2 is 1.12 bits per heavy atom. The molecule has 0 aromatic heterocycles. The van der Waals surface area contributed by atoms with Crippen LogP contribution in [-0.2, 0) is 13.6 Å². The second-order valence-corrected chi connectivity index (χ2v) is 12.3. The Kier molecular flexibility index (Phi) is 15.5. The number of hydrogen-bond acceptors (Lipinski definition) is 3. The largest absolute Gasteiger partial charge is 0.472 e. The Morgan fingerprint density at radius 1 is 0.697 bits per heavy atom. The lowest BCUT2D eigenvalue weighted by Gasteiger charge is -2.40. The van der Waals surface area contributed by atoms with Gasteiger partial charge >= 0.3 is 7.82 Å². The molecule has 0 radical (unpaired) electrons. The highest BCUT2D eigenvalue weighted by Crippen LogP contribution is 2.46. The van der Waals surface area contributed by atoms with Gasteiger partial charge in [-0.15, -0.1) is 0 Å². The molecule has 0 bridgehead atoms. The maximum absolute atomic E-state index is 12.3. The molecule has 1 atom stereocenters. The average Bonchev–Trinajstić information content (AvgIpc) is 3.25. The molecule has 0 amide bonds. The van der Waals surface area contributed by atoms with Crippen molar-refractivity contribution in [3.63, 3.8) is 0 Å². The summed E-state index contributed by atoms with van der Waals surface area (Å²) in [6, 6.07) is 0. The summed E-state index contributed by atoms with van der Waals surface area (Å²) in [6.45, 7) is 7.34. The first-order valence-corrected chi connectivity index (χ1v) is 16.1. The fraction of sp³-hybridized carbons (Fsp3) is 1.00. The van der Waals surface area contributed by atoms with Gasteiger partial charge in [0.05, 0.1) is 38.9 Å². The van der Waals surface area contributed by atoms with Gasteiger partial charge in [-0.2, -0.15) is 0 Å². The van der Waals surface area contributed by atoms with E-state index >= 15 is 0 Å². The maximum Gasteiger partial charge on any atom is 0.472 e. The lowest BCUT2D eigenvalue weighted by molar-refractivity contribution is -0.922. The lowest BCUT2D eigenvalue weighted by Crippen LogP contribution is -2.52. The number of piperidine rings is 1. The SMILES string of the molecule is CCCCCCCCCCCCCCCCCCOP(=O)(O)OC1CC[N+]2(CCCC2)CC1. The number of nitrogens with zero attached hydrogens (tertiary/aromatic N) is 1. The Labute approximate surface area is 205 Å². The molecule has 1 N–H and O–H groups in total. The Hall–Kier alpha value is 0.0700. The van der Waals surface area contributed by atoms with Crippen LogP contribution in [0, 0.1) is 0 Å². The van der Waals surface area contributed by atoms with Gasteiger partial charge < -0.3 is 9.38 Å². The monoisotopic (exact) mass is 488 g/mol. The normalized spacial score (nSPS) is 20.4. The molecule has 2 rings (SSSR count). The van der Waals surface area contributed by atoms with E-state index in [0.717, 1.165) is 38.8 Å². The van der Waals surface area contributed by atoms with Gasteiger partial charge in [-0.25, -0.2) is 4.57 Å². The van der Waals surface area contributed by atoms with Crippen LogP contribution >= 0.6 is 7.82 Å². The molecule has 2 fully saturated rings. The van der Waals surface area contributed by atoms with Crippen molar-refractivity contribution >= 4 is 7.82 Å². The van der Waals surface area contributed by atoms with Crippen molar-refractivity contribution < 1.29 is 23.0 Å². The maximum atomic E-state index is 12.3. The molecule has 2 saturated heterocycles. The third-order valence-corrected chi connectivity index (χ3v) is 8.97. The molecular formula is C27H55NO4P+. The number of phosphoric ester groups is 1. The molecular weight excluding hydrogens is 433 g/mol. The zero-order chi connectivity index (χ0) is 23.7. The number of phosphoric acid groups is 1. The zero-order valence-electron chi connectivity index (χ0n) is 21.8. The smallest absolute Gasteiger partial charge is 0.323 e. The number of unbranched alkanes of at least 4 members (excludes halogenated alkanes) is 15. The van der Waals surface area contributed by atoms with E-state index in [1.54, 1.807) is 0 Å². The summed E-state index contributed by atoms with van der Waals surface area (Å²) in [4.78, 5) is 10.1. The van der Waals surface area contributed by atoms with Crippen LogP contribution in [0.4, 0.5) is 0 Å². The van der Waals surface area contributed by atoms with Gasteiger partial charge in [0.15, 0.2) is 0 Å². The molecule has 33 heavy (non-hydrogen) atoms. The highest BCUT2D eigenvalue weighted by molar-refractivity contribution is 7.47. The Balaban J connectivity index is 1.33. The molecule has 0 aliphatic carbocycles. The molecule has 0 aromatic carbocycles. The third-order valence-electron chi connectivity index (χ3n) is 7.90. The van der Waals surface area contributed by atoms with Crippen LogP contribution in [0.1, 0.15) is 135 Å². The molecule has 2 heterocycles. The van der Waals surface area contributed by atoms with Crippen LogP contribution in [0.25, 0.3) is 0 Å². The van der Waals surface area contributed by atoms with E-state index in [0.29, 0.717) is 6.61 Å². The first kappa shape index (κ1) is 29.3. The van der Waals surface area contributed by atoms with Gasteiger partial charge in [-0.1, -0.05) is 103 Å². The fourth-order valence-corrected chi connectivity index (χ4v) is 6.71. The van der Waals surface area contributed by atoms with Crippen molar-refractivity contribution in [3.8, 4) is 0 Å². The Bertz CT molecular complexity index is 514. The minimum absolute atomic E-state index is 0.115. The summed E-state index contributed by atoms with van der Waals surface area (Å²) in [5, 5.41) is 0. The van der Waals surface area contributed by atoms with Crippen LogP contribution in [-0.4, -0.2) is 48.3 Å². The van der Waals surface area contributed by atoms with E-state index in [-0.39, 0.29) is 6.10 Å². The molecule has 5 nitrogen and oxygen atoms in total. The summed E-state index contributed by atoms with van der Waals surface area (Å²) in [5.41, 5.74) is 0. The van der Waals surface area contributed by atoms with E-state index in [9.17, 15) is 9.46 Å². The number of hydrogen-bond donors (Lipinski definition) is 1. The fourth-order valence-electron chi connectivity index (χ4n) is 5.70. The second kappa shape index (κ2) is 17.5. The highest BCUT2D eigenvalue weighted by Gasteiger charge is 2.39. The number of quaternary nitrogens is 1. The topological polar surface area (TPSA) is 55.8 Å². The van der Waals surface area contributed by atoms with Crippen molar-refractivity contribution in [2.45, 2.75) is 141 Å². The van der Waals surface area contributed by atoms with Crippen molar-refractivity contribution in [1.82, 2.24) is 0 Å². The van der Waals surface area contributed by atoms with Gasteiger partial charge in [-0.05, 0) is 6.42 Å². The van der Waals surface area contributed by atoms with Crippen LogP contribution in [0.3, 0.4) is 0 Å². The summed E-state index contributed by atoms with van der Waals surface area (Å²) < 4.78 is 24.2. The molecule has 2 aliphatic rings. The first-order chi connectivity index (χ1) is 16.1. The molecule has 0 aromatic rings. The zero-order valence-corrected chi connectivity index (χ0v) is 22.7. The van der Waals surface area contributed by atoms with E-state index in [1.807, 2.05) is 0 Å². The van der Waals surface area contributed by atoms with E-state index in [1.165, 1.54) is 120 Å². The van der Waals surface area contributed by atoms with Gasteiger partial charge in [0.25, 0.3) is 0 Å². The predicted molar refractivity (Wildman–Crippen MR) is 138 cm³/mol. The first-order valence-electron chi connectivity index (χ1n) is 14.6. The van der Waals surface area contributed by atoms with Gasteiger partial charge in [0, 0.05) is 25.7 Å². The van der Waals surface area contributed by atoms with E-state index in [4.69, 9.17) is 9.05 Å². The summed E-state index contributed by atoms with van der Waals surface area (Å²) in [5.74, 6) is 0. The third kappa shape index (κ3) is 13.7. The summed E-state index contributed by atoms with van der Waals surface area (Å²) >= 11 is 0.